The normalized spacial score (nSPS) is 39.1. The summed E-state index contributed by atoms with van der Waals surface area (Å²) in [6.07, 6.45) is 3.88. The summed E-state index contributed by atoms with van der Waals surface area (Å²) >= 11 is 0. The molecule has 1 saturated heterocycles. The molecule has 2 aliphatic carbocycles. The van der Waals surface area contributed by atoms with Crippen molar-refractivity contribution in [2.75, 3.05) is 0 Å². The molecule has 0 N–H and O–H groups in total. The maximum atomic E-state index is 11.4. The van der Waals surface area contributed by atoms with E-state index in [9.17, 15) is 9.59 Å². The fraction of sp³-hybridized carbons (Fsp3) is 0.571. The fourth-order valence-corrected chi connectivity index (χ4v) is 3.32. The lowest BCUT2D eigenvalue weighted by molar-refractivity contribution is -0.0191. The van der Waals surface area contributed by atoms with E-state index in [0.717, 1.165) is 24.8 Å². The van der Waals surface area contributed by atoms with Crippen LogP contribution in [0.15, 0.2) is 24.3 Å². The highest BCUT2D eigenvalue weighted by atomic mass is 16.8. The average Bonchev–Trinajstić information content (AvgIpc) is 2.81. The number of ether oxygens (including phenoxy) is 3. The number of hydrogen-bond acceptors (Lipinski definition) is 5. The van der Waals surface area contributed by atoms with Gasteiger partial charge in [0.1, 0.15) is 6.10 Å². The average molecular weight is 264 g/mol. The van der Waals surface area contributed by atoms with Crippen molar-refractivity contribution in [1.29, 1.82) is 0 Å². The minimum atomic E-state index is -0.965. The monoisotopic (exact) mass is 264 g/mol. The molecule has 0 amide bonds. The lowest BCUT2D eigenvalue weighted by Crippen LogP contribution is -2.40. The highest BCUT2D eigenvalue weighted by Crippen LogP contribution is 2.55. The molecule has 0 aromatic carbocycles. The Morgan fingerprint density at radius 2 is 2.16 bits per heavy atom. The van der Waals surface area contributed by atoms with E-state index >= 15 is 0 Å². The van der Waals surface area contributed by atoms with E-state index in [1.54, 1.807) is 0 Å². The van der Waals surface area contributed by atoms with E-state index in [0.29, 0.717) is 0 Å². The van der Waals surface area contributed by atoms with E-state index in [-0.39, 0.29) is 11.3 Å². The van der Waals surface area contributed by atoms with Gasteiger partial charge in [0.05, 0.1) is 0 Å². The van der Waals surface area contributed by atoms with Gasteiger partial charge in [0.2, 0.25) is 0 Å². The Labute approximate surface area is 111 Å². The lowest BCUT2D eigenvalue weighted by atomic mass is 9.79. The largest absolute Gasteiger partial charge is 0.519 e. The second-order valence-electron chi connectivity index (χ2n) is 5.64. The molecular weight excluding hydrogens is 248 g/mol. The Kier molecular flexibility index (Phi) is 2.66. The van der Waals surface area contributed by atoms with Crippen molar-refractivity contribution in [3.8, 4) is 0 Å². The highest BCUT2D eigenvalue weighted by Gasteiger charge is 2.60. The number of hydrogen-bond donors (Lipinski definition) is 0. The fourth-order valence-electron chi connectivity index (χ4n) is 3.32. The Morgan fingerprint density at radius 1 is 1.42 bits per heavy atom. The maximum Gasteiger partial charge on any atom is 0.519 e. The van der Waals surface area contributed by atoms with Crippen LogP contribution >= 0.6 is 0 Å². The van der Waals surface area contributed by atoms with Gasteiger partial charge in [0.25, 0.3) is 0 Å². The first kappa shape index (κ1) is 12.3. The molecule has 5 heteroatoms. The molecule has 3 rings (SSSR count). The van der Waals surface area contributed by atoms with Crippen molar-refractivity contribution in [1.82, 2.24) is 0 Å². The molecule has 4 unspecified atom stereocenters. The van der Waals surface area contributed by atoms with E-state index < -0.39 is 24.5 Å². The molecule has 19 heavy (non-hydrogen) atoms. The zero-order valence-corrected chi connectivity index (χ0v) is 10.8. The molecule has 1 saturated carbocycles. The Bertz CT molecular complexity index is 480. The second-order valence-corrected chi connectivity index (χ2v) is 5.64. The molecule has 0 aromatic rings. The Hall–Kier alpha value is -1.78. The third kappa shape index (κ3) is 1.93. The standard InChI is InChI=1S/C14H16O5/c1-8(2)3-5-14-6-4-9(7-14)10-11(14)18-13(16)19-12(15)17-10/h4,6,9-11H,1,3,5,7H2,2H3. The Balaban J connectivity index is 1.86. The minimum Gasteiger partial charge on any atom is -0.426 e. The molecular formula is C14H16O5. The van der Waals surface area contributed by atoms with Crippen LogP contribution in [0.2, 0.25) is 0 Å². The first-order chi connectivity index (χ1) is 9.00. The summed E-state index contributed by atoms with van der Waals surface area (Å²) in [6.45, 7) is 5.88. The Morgan fingerprint density at radius 3 is 2.89 bits per heavy atom. The maximum absolute atomic E-state index is 11.4. The van der Waals surface area contributed by atoms with Crippen LogP contribution in [0.1, 0.15) is 26.2 Å². The molecule has 4 atom stereocenters. The molecule has 0 spiro atoms. The number of rotatable bonds is 3. The van der Waals surface area contributed by atoms with Crippen molar-refractivity contribution in [3.63, 3.8) is 0 Å². The van der Waals surface area contributed by atoms with Crippen LogP contribution in [0, 0.1) is 11.3 Å². The van der Waals surface area contributed by atoms with Gasteiger partial charge in [-0.15, -0.1) is 6.58 Å². The SMILES string of the molecule is C=C(C)CCC12C=CC(C1)C1OC(=O)OC(=O)OC12. The number of carbonyl (C=O) groups excluding carboxylic acids is 2. The molecule has 2 fully saturated rings. The van der Waals surface area contributed by atoms with Crippen LogP contribution in [-0.4, -0.2) is 24.5 Å². The number of cyclic esters (lactones) is 2. The molecule has 2 bridgehead atoms. The molecule has 5 nitrogen and oxygen atoms in total. The van der Waals surface area contributed by atoms with E-state index in [2.05, 4.69) is 17.4 Å². The summed E-state index contributed by atoms with van der Waals surface area (Å²) in [4.78, 5) is 22.7. The first-order valence-corrected chi connectivity index (χ1v) is 6.43. The zero-order valence-electron chi connectivity index (χ0n) is 10.8. The number of carbonyl (C=O) groups is 2. The van der Waals surface area contributed by atoms with Crippen molar-refractivity contribution in [2.24, 2.45) is 11.3 Å². The van der Waals surface area contributed by atoms with Gasteiger partial charge in [-0.3, -0.25) is 0 Å². The quantitative estimate of drug-likeness (QED) is 0.445. The van der Waals surface area contributed by atoms with Gasteiger partial charge < -0.3 is 14.2 Å². The third-order valence-corrected chi connectivity index (χ3v) is 4.22. The molecule has 1 aliphatic heterocycles. The zero-order chi connectivity index (χ0) is 13.6. The first-order valence-electron chi connectivity index (χ1n) is 6.43. The van der Waals surface area contributed by atoms with Crippen molar-refractivity contribution in [3.05, 3.63) is 24.3 Å². The third-order valence-electron chi connectivity index (χ3n) is 4.22. The lowest BCUT2D eigenvalue weighted by Gasteiger charge is -2.32. The van der Waals surface area contributed by atoms with Gasteiger partial charge in [-0.25, -0.2) is 9.59 Å². The predicted molar refractivity (Wildman–Crippen MR) is 65.4 cm³/mol. The van der Waals surface area contributed by atoms with Gasteiger partial charge in [-0.05, 0) is 26.2 Å². The van der Waals surface area contributed by atoms with E-state index in [1.807, 2.05) is 13.0 Å². The van der Waals surface area contributed by atoms with Gasteiger partial charge in [-0.2, -0.15) is 0 Å². The van der Waals surface area contributed by atoms with Gasteiger partial charge >= 0.3 is 12.3 Å². The van der Waals surface area contributed by atoms with Crippen LogP contribution in [0.25, 0.3) is 0 Å². The van der Waals surface area contributed by atoms with Crippen LogP contribution in [0.5, 0.6) is 0 Å². The second kappa shape index (κ2) is 4.11. The molecule has 0 aromatic heterocycles. The summed E-state index contributed by atoms with van der Waals surface area (Å²) in [5.74, 6) is 0.105. The summed E-state index contributed by atoms with van der Waals surface area (Å²) in [5, 5.41) is 0. The topological polar surface area (TPSA) is 61.8 Å². The van der Waals surface area contributed by atoms with Crippen LogP contribution in [0.3, 0.4) is 0 Å². The van der Waals surface area contributed by atoms with E-state index in [1.165, 1.54) is 0 Å². The van der Waals surface area contributed by atoms with Gasteiger partial charge in [0.15, 0.2) is 6.10 Å². The molecule has 1 heterocycles. The molecule has 3 aliphatic rings. The number of fused-ring (bicyclic) bond motifs is 5. The van der Waals surface area contributed by atoms with Crippen LogP contribution in [-0.2, 0) is 14.2 Å². The van der Waals surface area contributed by atoms with Gasteiger partial charge in [-0.1, -0.05) is 17.7 Å². The minimum absolute atomic E-state index is 0.105. The van der Waals surface area contributed by atoms with Crippen molar-refractivity contribution < 1.29 is 23.8 Å². The number of allylic oxidation sites excluding steroid dienone is 1. The van der Waals surface area contributed by atoms with Crippen LogP contribution < -0.4 is 0 Å². The van der Waals surface area contributed by atoms with Gasteiger partial charge in [0, 0.05) is 11.3 Å². The smallest absolute Gasteiger partial charge is 0.426 e. The van der Waals surface area contributed by atoms with Crippen LogP contribution in [0.4, 0.5) is 9.59 Å². The van der Waals surface area contributed by atoms with Crippen molar-refractivity contribution >= 4 is 12.3 Å². The highest BCUT2D eigenvalue weighted by molar-refractivity contribution is 5.78. The molecule has 102 valence electrons. The summed E-state index contributed by atoms with van der Waals surface area (Å²) in [5.41, 5.74) is 0.834. The van der Waals surface area contributed by atoms with Crippen molar-refractivity contribution in [2.45, 2.75) is 38.4 Å². The molecule has 0 radical (unpaired) electrons. The van der Waals surface area contributed by atoms with E-state index in [4.69, 9.17) is 9.47 Å². The summed E-state index contributed by atoms with van der Waals surface area (Å²) in [7, 11) is 0. The summed E-state index contributed by atoms with van der Waals surface area (Å²) < 4.78 is 14.9. The predicted octanol–water partition coefficient (Wildman–Crippen LogP) is 2.96. The summed E-state index contributed by atoms with van der Waals surface area (Å²) in [6, 6.07) is 0.